The summed E-state index contributed by atoms with van der Waals surface area (Å²) in [5.41, 5.74) is -0.514. The van der Waals surface area contributed by atoms with Crippen LogP contribution >= 0.6 is 0 Å². The lowest BCUT2D eigenvalue weighted by atomic mass is 10.1. The fourth-order valence-electron chi connectivity index (χ4n) is 2.07. The number of likely N-dealkylation sites (N-methyl/N-ethyl adjacent to an activating group) is 1. The molecule has 0 radical (unpaired) electrons. The molecule has 126 valence electrons. The van der Waals surface area contributed by atoms with E-state index in [4.69, 9.17) is 4.74 Å². The maximum absolute atomic E-state index is 11.9. The van der Waals surface area contributed by atoms with Crippen LogP contribution in [0.15, 0.2) is 0 Å². The normalized spacial score (nSPS) is 15.3. The first-order valence-corrected chi connectivity index (χ1v) is 7.39. The highest BCUT2D eigenvalue weighted by molar-refractivity contribution is 5.95. The molecule has 2 N–H and O–H groups in total. The average Bonchev–Trinajstić information content (AvgIpc) is 2.33. The monoisotopic (exact) mass is 314 g/mol. The van der Waals surface area contributed by atoms with Crippen LogP contribution in [0, 0.1) is 0 Å². The van der Waals surface area contributed by atoms with Crippen molar-refractivity contribution in [2.45, 2.75) is 39.3 Å². The number of urea groups is 1. The molecule has 0 aromatic carbocycles. The van der Waals surface area contributed by atoms with E-state index in [0.717, 1.165) is 0 Å². The average molecular weight is 314 g/mol. The summed E-state index contributed by atoms with van der Waals surface area (Å²) in [7, 11) is 1.45. The number of imide groups is 1. The molecule has 0 aliphatic carbocycles. The Morgan fingerprint density at radius 1 is 1.27 bits per heavy atom. The highest BCUT2D eigenvalue weighted by Gasteiger charge is 2.37. The summed E-state index contributed by atoms with van der Waals surface area (Å²) < 4.78 is 5.29. The largest absolute Gasteiger partial charge is 0.444 e. The van der Waals surface area contributed by atoms with E-state index in [1.54, 1.807) is 4.90 Å². The molecule has 0 atom stereocenters. The summed E-state index contributed by atoms with van der Waals surface area (Å²) in [5.74, 6) is -0.364. The van der Waals surface area contributed by atoms with E-state index in [1.807, 2.05) is 32.6 Å². The number of nitrogens with one attached hydrogen (secondary N) is 2. The highest BCUT2D eigenvalue weighted by Crippen LogP contribution is 2.18. The van der Waals surface area contributed by atoms with Crippen molar-refractivity contribution in [2.24, 2.45) is 0 Å². The van der Waals surface area contributed by atoms with Crippen LogP contribution in [0.4, 0.5) is 9.59 Å². The van der Waals surface area contributed by atoms with Gasteiger partial charge in [-0.25, -0.2) is 9.59 Å². The number of ether oxygens (including phenoxy) is 1. The van der Waals surface area contributed by atoms with Crippen LogP contribution in [-0.4, -0.2) is 72.7 Å². The van der Waals surface area contributed by atoms with Crippen LogP contribution in [0.25, 0.3) is 0 Å². The summed E-state index contributed by atoms with van der Waals surface area (Å²) in [5, 5.41) is 4.56. The molecule has 0 aromatic rings. The van der Waals surface area contributed by atoms with Crippen molar-refractivity contribution in [1.29, 1.82) is 0 Å². The molecular weight excluding hydrogens is 288 g/mol. The summed E-state index contributed by atoms with van der Waals surface area (Å²) in [6.07, 6.45) is -0.338. The van der Waals surface area contributed by atoms with E-state index in [-0.39, 0.29) is 24.6 Å². The Kier molecular flexibility index (Phi) is 6.16. The van der Waals surface area contributed by atoms with Crippen LogP contribution < -0.4 is 10.6 Å². The zero-order valence-corrected chi connectivity index (χ0v) is 13.9. The fraction of sp³-hybridized carbons (Fsp3) is 0.786. The third-order valence-electron chi connectivity index (χ3n) is 3.26. The second kappa shape index (κ2) is 7.44. The molecule has 1 heterocycles. The Hall–Kier alpha value is -1.83. The van der Waals surface area contributed by atoms with Crippen LogP contribution in [0.2, 0.25) is 0 Å². The minimum absolute atomic E-state index is 0.105. The van der Waals surface area contributed by atoms with Crippen molar-refractivity contribution in [3.63, 3.8) is 0 Å². The summed E-state index contributed by atoms with van der Waals surface area (Å²) in [6.45, 7) is 9.23. The topological polar surface area (TPSA) is 91.0 Å². The number of carbonyl (C=O) groups excluding carboxylic acids is 3. The minimum Gasteiger partial charge on any atom is -0.444 e. The Labute approximate surface area is 131 Å². The van der Waals surface area contributed by atoms with E-state index in [0.29, 0.717) is 19.6 Å². The molecule has 0 aromatic heterocycles. The van der Waals surface area contributed by atoms with Gasteiger partial charge in [-0.05, 0) is 27.3 Å². The van der Waals surface area contributed by atoms with E-state index in [2.05, 4.69) is 10.6 Å². The number of rotatable bonds is 4. The first-order chi connectivity index (χ1) is 10.2. The molecular formula is C14H26N4O4. The van der Waals surface area contributed by atoms with Gasteiger partial charge in [-0.3, -0.25) is 15.0 Å². The molecule has 0 saturated carbocycles. The van der Waals surface area contributed by atoms with Crippen LogP contribution in [0.5, 0.6) is 0 Å². The Morgan fingerprint density at radius 2 is 1.86 bits per heavy atom. The van der Waals surface area contributed by atoms with Crippen LogP contribution in [0.1, 0.15) is 27.7 Å². The van der Waals surface area contributed by atoms with Gasteiger partial charge in [-0.15, -0.1) is 0 Å². The number of carbonyl (C=O) groups is 3. The smallest absolute Gasteiger partial charge is 0.410 e. The molecule has 22 heavy (non-hydrogen) atoms. The van der Waals surface area contributed by atoms with Gasteiger partial charge in [0, 0.05) is 26.2 Å². The second-order valence-electron chi connectivity index (χ2n) is 6.23. The number of likely N-dealkylation sites (tertiary alicyclic amines) is 1. The standard InChI is InChI=1S/C14H26N4O4/c1-6-17(9-11(19)16-12(20)15-5)10-7-18(8-10)13(21)22-14(2,3)4/h10H,6-9H2,1-5H3,(H2,15,16,19,20). The van der Waals surface area contributed by atoms with E-state index >= 15 is 0 Å². The zero-order valence-electron chi connectivity index (χ0n) is 13.9. The van der Waals surface area contributed by atoms with Gasteiger partial charge in [0.1, 0.15) is 5.60 Å². The van der Waals surface area contributed by atoms with Crippen LogP contribution in [-0.2, 0) is 9.53 Å². The fourth-order valence-corrected chi connectivity index (χ4v) is 2.07. The molecule has 0 unspecified atom stereocenters. The number of hydrogen-bond acceptors (Lipinski definition) is 5. The van der Waals surface area contributed by atoms with Gasteiger partial charge in [0.15, 0.2) is 0 Å². The van der Waals surface area contributed by atoms with Crippen molar-refractivity contribution >= 4 is 18.0 Å². The first-order valence-electron chi connectivity index (χ1n) is 7.39. The first kappa shape index (κ1) is 18.2. The Morgan fingerprint density at radius 3 is 2.32 bits per heavy atom. The molecule has 8 nitrogen and oxygen atoms in total. The Balaban J connectivity index is 2.41. The van der Waals surface area contributed by atoms with E-state index < -0.39 is 11.6 Å². The van der Waals surface area contributed by atoms with Crippen molar-refractivity contribution in [2.75, 3.05) is 33.2 Å². The van der Waals surface area contributed by atoms with Crippen molar-refractivity contribution in [3.8, 4) is 0 Å². The quantitative estimate of drug-likeness (QED) is 0.783. The van der Waals surface area contributed by atoms with Gasteiger partial charge in [0.25, 0.3) is 0 Å². The van der Waals surface area contributed by atoms with Gasteiger partial charge in [0.2, 0.25) is 5.91 Å². The molecule has 0 bridgehead atoms. The molecule has 1 aliphatic heterocycles. The summed E-state index contributed by atoms with van der Waals surface area (Å²) >= 11 is 0. The minimum atomic E-state index is -0.523. The number of nitrogens with zero attached hydrogens (tertiary/aromatic N) is 2. The van der Waals surface area contributed by atoms with E-state index in [9.17, 15) is 14.4 Å². The maximum Gasteiger partial charge on any atom is 0.410 e. The predicted molar refractivity (Wildman–Crippen MR) is 81.4 cm³/mol. The van der Waals surface area contributed by atoms with Gasteiger partial charge < -0.3 is 15.0 Å². The lowest BCUT2D eigenvalue weighted by molar-refractivity contribution is -0.122. The molecule has 0 spiro atoms. The molecule has 8 heteroatoms. The number of amides is 4. The number of hydrogen-bond donors (Lipinski definition) is 2. The molecule has 1 saturated heterocycles. The molecule has 1 aliphatic rings. The van der Waals surface area contributed by atoms with Gasteiger partial charge in [0.05, 0.1) is 6.54 Å². The van der Waals surface area contributed by atoms with Gasteiger partial charge >= 0.3 is 12.1 Å². The van der Waals surface area contributed by atoms with Crippen molar-refractivity contribution in [1.82, 2.24) is 20.4 Å². The van der Waals surface area contributed by atoms with Crippen LogP contribution in [0.3, 0.4) is 0 Å². The predicted octanol–water partition coefficient (Wildman–Crippen LogP) is 0.383. The third-order valence-corrected chi connectivity index (χ3v) is 3.26. The molecule has 4 amide bonds. The summed E-state index contributed by atoms with van der Waals surface area (Å²) in [4.78, 5) is 38.2. The van der Waals surface area contributed by atoms with Gasteiger partial charge in [-0.2, -0.15) is 0 Å². The van der Waals surface area contributed by atoms with Crippen molar-refractivity contribution < 1.29 is 19.1 Å². The van der Waals surface area contributed by atoms with Crippen molar-refractivity contribution in [3.05, 3.63) is 0 Å². The lowest BCUT2D eigenvalue weighted by Crippen LogP contribution is -2.63. The maximum atomic E-state index is 11.9. The highest BCUT2D eigenvalue weighted by atomic mass is 16.6. The molecule has 1 rings (SSSR count). The van der Waals surface area contributed by atoms with Gasteiger partial charge in [-0.1, -0.05) is 6.92 Å². The zero-order chi connectivity index (χ0) is 16.9. The second-order valence-corrected chi connectivity index (χ2v) is 6.23. The lowest BCUT2D eigenvalue weighted by Gasteiger charge is -2.44. The third kappa shape index (κ3) is 5.51. The molecule has 1 fully saturated rings. The Bertz CT molecular complexity index is 427. The summed E-state index contributed by atoms with van der Waals surface area (Å²) in [6, 6.07) is -0.419. The SMILES string of the molecule is CCN(CC(=O)NC(=O)NC)C1CN(C(=O)OC(C)(C)C)C1. The van der Waals surface area contributed by atoms with E-state index in [1.165, 1.54) is 7.05 Å².